The zero-order valence-corrected chi connectivity index (χ0v) is 11.6. The summed E-state index contributed by atoms with van der Waals surface area (Å²) >= 11 is 0. The van der Waals surface area contributed by atoms with Crippen molar-refractivity contribution >= 4 is 0 Å². The van der Waals surface area contributed by atoms with Crippen molar-refractivity contribution in [2.45, 2.75) is 70.3 Å². The second kappa shape index (κ2) is 6.19. The van der Waals surface area contributed by atoms with Crippen LogP contribution in [0.5, 0.6) is 0 Å². The molecule has 0 bridgehead atoms. The van der Waals surface area contributed by atoms with E-state index in [1.807, 2.05) is 0 Å². The van der Waals surface area contributed by atoms with Crippen LogP contribution in [0.25, 0.3) is 0 Å². The predicted molar refractivity (Wildman–Crippen MR) is 74.1 cm³/mol. The molecule has 2 fully saturated rings. The lowest BCUT2D eigenvalue weighted by molar-refractivity contribution is 0.142. The Morgan fingerprint density at radius 3 is 2.35 bits per heavy atom. The van der Waals surface area contributed by atoms with Gasteiger partial charge in [0.15, 0.2) is 0 Å². The van der Waals surface area contributed by atoms with Crippen LogP contribution in [0.2, 0.25) is 0 Å². The molecule has 0 amide bonds. The fourth-order valence-electron chi connectivity index (χ4n) is 3.76. The van der Waals surface area contributed by atoms with Crippen LogP contribution in [-0.2, 0) is 0 Å². The van der Waals surface area contributed by atoms with E-state index in [1.54, 1.807) is 0 Å². The van der Waals surface area contributed by atoms with Gasteiger partial charge in [0.2, 0.25) is 0 Å². The van der Waals surface area contributed by atoms with Crippen molar-refractivity contribution in [1.82, 2.24) is 4.90 Å². The third kappa shape index (κ3) is 4.26. The van der Waals surface area contributed by atoms with Crippen molar-refractivity contribution in [1.29, 1.82) is 0 Å². The highest BCUT2D eigenvalue weighted by atomic mass is 15.1. The summed E-state index contributed by atoms with van der Waals surface area (Å²) in [7, 11) is 0. The average Bonchev–Trinajstić information content (AvgIpc) is 2.21. The fraction of sp³-hybridized carbons (Fsp3) is 1.00. The van der Waals surface area contributed by atoms with Crippen LogP contribution in [0.4, 0.5) is 0 Å². The second-order valence-corrected chi connectivity index (χ2v) is 6.61. The van der Waals surface area contributed by atoms with Crippen molar-refractivity contribution < 1.29 is 0 Å². The van der Waals surface area contributed by atoms with Crippen LogP contribution < -0.4 is 5.73 Å². The Balaban J connectivity index is 1.84. The van der Waals surface area contributed by atoms with Gasteiger partial charge in [-0.05, 0) is 44.7 Å². The highest BCUT2D eigenvalue weighted by molar-refractivity contribution is 4.92. The lowest BCUT2D eigenvalue weighted by Gasteiger charge is -2.41. The Morgan fingerprint density at radius 1 is 1.06 bits per heavy atom. The summed E-state index contributed by atoms with van der Waals surface area (Å²) in [4.78, 5) is 2.65. The van der Waals surface area contributed by atoms with E-state index in [0.29, 0.717) is 0 Å². The molecule has 2 unspecified atom stereocenters. The minimum absolute atomic E-state index is 0.122. The Bertz CT molecular complexity index is 221. The molecule has 1 aliphatic heterocycles. The molecule has 1 saturated carbocycles. The van der Waals surface area contributed by atoms with Crippen molar-refractivity contribution in [2.24, 2.45) is 11.7 Å². The molecule has 1 heterocycles. The van der Waals surface area contributed by atoms with Gasteiger partial charge in [0, 0.05) is 12.1 Å². The molecule has 100 valence electrons. The molecule has 0 spiro atoms. The highest BCUT2D eigenvalue weighted by Crippen LogP contribution is 2.31. The second-order valence-electron chi connectivity index (χ2n) is 6.61. The maximum Gasteiger partial charge on any atom is 0.0285 e. The summed E-state index contributed by atoms with van der Waals surface area (Å²) in [5.74, 6) is 0.837. The van der Waals surface area contributed by atoms with Gasteiger partial charge < -0.3 is 10.6 Å². The van der Waals surface area contributed by atoms with Crippen molar-refractivity contribution in [3.8, 4) is 0 Å². The maximum atomic E-state index is 6.63. The van der Waals surface area contributed by atoms with Gasteiger partial charge in [0.25, 0.3) is 0 Å². The first-order valence-corrected chi connectivity index (χ1v) is 7.69. The van der Waals surface area contributed by atoms with Crippen LogP contribution in [-0.4, -0.2) is 30.1 Å². The van der Waals surface area contributed by atoms with Gasteiger partial charge in [-0.2, -0.15) is 0 Å². The zero-order chi connectivity index (χ0) is 12.1. The van der Waals surface area contributed by atoms with Crippen molar-refractivity contribution in [2.75, 3.05) is 19.6 Å². The van der Waals surface area contributed by atoms with Gasteiger partial charge in [-0.25, -0.2) is 0 Å². The maximum absolute atomic E-state index is 6.63. The number of hydrogen-bond donors (Lipinski definition) is 1. The molecule has 2 nitrogen and oxygen atoms in total. The van der Waals surface area contributed by atoms with E-state index in [-0.39, 0.29) is 5.54 Å². The molecule has 2 heteroatoms. The molecule has 0 aromatic carbocycles. The molecule has 1 aliphatic carbocycles. The Kier molecular flexibility index (Phi) is 4.87. The van der Waals surface area contributed by atoms with Crippen LogP contribution >= 0.6 is 0 Å². The summed E-state index contributed by atoms with van der Waals surface area (Å²) in [6.07, 6.45) is 12.3. The summed E-state index contributed by atoms with van der Waals surface area (Å²) in [5, 5.41) is 0. The van der Waals surface area contributed by atoms with Gasteiger partial charge in [-0.1, -0.05) is 39.0 Å². The first-order chi connectivity index (χ1) is 8.18. The van der Waals surface area contributed by atoms with Gasteiger partial charge in [-0.3, -0.25) is 0 Å². The van der Waals surface area contributed by atoms with Crippen LogP contribution in [0.15, 0.2) is 0 Å². The van der Waals surface area contributed by atoms with E-state index < -0.39 is 0 Å². The van der Waals surface area contributed by atoms with E-state index in [1.165, 1.54) is 70.9 Å². The lowest BCUT2D eigenvalue weighted by atomic mass is 9.76. The number of likely N-dealkylation sites (tertiary alicyclic amines) is 1. The smallest absolute Gasteiger partial charge is 0.0285 e. The molecular formula is C15H30N2. The van der Waals surface area contributed by atoms with Crippen molar-refractivity contribution in [3.63, 3.8) is 0 Å². The first-order valence-electron chi connectivity index (χ1n) is 7.69. The van der Waals surface area contributed by atoms with Crippen LogP contribution in [0.3, 0.4) is 0 Å². The Labute approximate surface area is 107 Å². The molecule has 2 aliphatic rings. The van der Waals surface area contributed by atoms with Crippen molar-refractivity contribution in [3.05, 3.63) is 0 Å². The predicted octanol–water partition coefficient (Wildman–Crippen LogP) is 3.16. The fourth-order valence-corrected chi connectivity index (χ4v) is 3.76. The van der Waals surface area contributed by atoms with E-state index in [4.69, 9.17) is 5.73 Å². The molecular weight excluding hydrogens is 208 g/mol. The largest absolute Gasteiger partial charge is 0.324 e. The minimum atomic E-state index is 0.122. The molecule has 0 aromatic rings. The topological polar surface area (TPSA) is 29.3 Å². The minimum Gasteiger partial charge on any atom is -0.324 e. The summed E-state index contributed by atoms with van der Waals surface area (Å²) in [5.41, 5.74) is 6.75. The van der Waals surface area contributed by atoms with Gasteiger partial charge in [-0.15, -0.1) is 0 Å². The summed E-state index contributed by atoms with van der Waals surface area (Å²) in [6, 6.07) is 0. The van der Waals surface area contributed by atoms with Gasteiger partial charge >= 0.3 is 0 Å². The molecule has 0 radical (unpaired) electrons. The number of nitrogens with zero attached hydrogens (tertiary/aromatic N) is 1. The quantitative estimate of drug-likeness (QED) is 0.800. The number of rotatable bonds is 2. The molecule has 2 rings (SSSR count). The first kappa shape index (κ1) is 13.4. The normalized spacial score (nSPS) is 37.4. The third-order valence-corrected chi connectivity index (χ3v) is 4.61. The molecule has 17 heavy (non-hydrogen) atoms. The van der Waals surface area contributed by atoms with Gasteiger partial charge in [0.1, 0.15) is 0 Å². The number of nitrogens with two attached hydrogens (primary N) is 1. The summed E-state index contributed by atoms with van der Waals surface area (Å²) in [6.45, 7) is 6.09. The van der Waals surface area contributed by atoms with E-state index in [2.05, 4.69) is 11.8 Å². The SMILES string of the molecule is CC1CCCC(N)(CN2CCCCCCC2)C1. The lowest BCUT2D eigenvalue weighted by Crippen LogP contribution is -2.53. The van der Waals surface area contributed by atoms with Crippen LogP contribution in [0, 0.1) is 5.92 Å². The Hall–Kier alpha value is -0.0800. The van der Waals surface area contributed by atoms with E-state index in [0.717, 1.165) is 12.5 Å². The monoisotopic (exact) mass is 238 g/mol. The zero-order valence-electron chi connectivity index (χ0n) is 11.6. The van der Waals surface area contributed by atoms with E-state index in [9.17, 15) is 0 Å². The summed E-state index contributed by atoms with van der Waals surface area (Å²) < 4.78 is 0. The Morgan fingerprint density at radius 2 is 1.71 bits per heavy atom. The third-order valence-electron chi connectivity index (χ3n) is 4.61. The molecule has 2 N–H and O–H groups in total. The average molecular weight is 238 g/mol. The number of hydrogen-bond acceptors (Lipinski definition) is 2. The molecule has 2 atom stereocenters. The van der Waals surface area contributed by atoms with E-state index >= 15 is 0 Å². The molecule has 1 saturated heterocycles. The van der Waals surface area contributed by atoms with Crippen LogP contribution in [0.1, 0.15) is 64.7 Å². The standard InChI is InChI=1S/C15H30N2/c1-14-8-7-9-15(16,12-14)13-17-10-5-3-2-4-6-11-17/h14H,2-13,16H2,1H3. The molecule has 0 aromatic heterocycles. The van der Waals surface area contributed by atoms with Gasteiger partial charge in [0.05, 0.1) is 0 Å². The highest BCUT2D eigenvalue weighted by Gasteiger charge is 2.32.